The number of carbonyl (C=O) groups excluding carboxylic acids is 1. The predicted molar refractivity (Wildman–Crippen MR) is 68.8 cm³/mol. The third-order valence-electron chi connectivity index (χ3n) is 4.67. The smallest absolute Gasteiger partial charge is 0.226 e. The van der Waals surface area contributed by atoms with Gasteiger partial charge in [0.2, 0.25) is 5.91 Å². The average molecular weight is 269 g/mol. The van der Waals surface area contributed by atoms with Crippen LogP contribution in [0.3, 0.4) is 0 Å². The fraction of sp³-hybridized carbons (Fsp3) is 0.929. The van der Waals surface area contributed by atoms with Crippen LogP contribution in [0.5, 0.6) is 0 Å². The highest BCUT2D eigenvalue weighted by atomic mass is 16.5. The molecule has 3 aliphatic rings. The van der Waals surface area contributed by atoms with E-state index >= 15 is 0 Å². The van der Waals surface area contributed by atoms with Crippen LogP contribution in [-0.2, 0) is 19.0 Å². The molecule has 19 heavy (non-hydrogen) atoms. The maximum atomic E-state index is 12.3. The number of fused-ring (bicyclic) bond motifs is 2. The lowest BCUT2D eigenvalue weighted by Crippen LogP contribution is -2.62. The minimum atomic E-state index is -0.0107. The highest BCUT2D eigenvalue weighted by Gasteiger charge is 2.48. The molecule has 0 radical (unpaired) electrons. The lowest BCUT2D eigenvalue weighted by molar-refractivity contribution is -0.146. The Morgan fingerprint density at radius 1 is 1.37 bits per heavy atom. The number of nitrogens with one attached hydrogen (secondary N) is 1. The molecule has 2 saturated heterocycles. The van der Waals surface area contributed by atoms with E-state index < -0.39 is 0 Å². The second-order valence-electron chi connectivity index (χ2n) is 5.76. The molecule has 0 aromatic heterocycles. The minimum absolute atomic E-state index is 0.0107. The molecule has 2 aliphatic heterocycles. The lowest BCUT2D eigenvalue weighted by atomic mass is 9.83. The Labute approximate surface area is 114 Å². The van der Waals surface area contributed by atoms with Crippen molar-refractivity contribution in [2.24, 2.45) is 5.92 Å². The van der Waals surface area contributed by atoms with Crippen molar-refractivity contribution in [2.45, 2.75) is 63.1 Å². The zero-order valence-corrected chi connectivity index (χ0v) is 11.6. The van der Waals surface area contributed by atoms with E-state index in [4.69, 9.17) is 14.2 Å². The summed E-state index contributed by atoms with van der Waals surface area (Å²) in [5.74, 6) is 0.177. The van der Waals surface area contributed by atoms with Crippen molar-refractivity contribution >= 4 is 5.91 Å². The predicted octanol–water partition coefficient (Wildman–Crippen LogP) is 0.862. The average Bonchev–Trinajstić information content (AvgIpc) is 2.99. The molecule has 0 aromatic rings. The Kier molecular flexibility index (Phi) is 3.78. The summed E-state index contributed by atoms with van der Waals surface area (Å²) in [6.07, 6.45) is 4.45. The van der Waals surface area contributed by atoms with Gasteiger partial charge in [-0.1, -0.05) is 0 Å². The Balaban J connectivity index is 1.50. The Morgan fingerprint density at radius 2 is 2.21 bits per heavy atom. The summed E-state index contributed by atoms with van der Waals surface area (Å²) in [4.78, 5) is 12.3. The molecule has 108 valence electrons. The Bertz CT molecular complexity index is 348. The number of rotatable bonds is 5. The topological polar surface area (TPSA) is 56.8 Å². The highest BCUT2D eigenvalue weighted by Crippen LogP contribution is 2.39. The van der Waals surface area contributed by atoms with E-state index in [9.17, 15) is 4.79 Å². The van der Waals surface area contributed by atoms with E-state index in [0.29, 0.717) is 12.7 Å². The molecule has 1 N–H and O–H groups in total. The van der Waals surface area contributed by atoms with Gasteiger partial charge in [-0.25, -0.2) is 0 Å². The Hall–Kier alpha value is -0.650. The number of carbonyl (C=O) groups is 1. The number of ether oxygens (including phenoxy) is 3. The molecule has 5 nitrogen and oxygen atoms in total. The lowest BCUT2D eigenvalue weighted by Gasteiger charge is -2.43. The van der Waals surface area contributed by atoms with Crippen molar-refractivity contribution in [3.8, 4) is 0 Å². The van der Waals surface area contributed by atoms with Gasteiger partial charge in [0, 0.05) is 13.7 Å². The summed E-state index contributed by atoms with van der Waals surface area (Å²) < 4.78 is 16.7. The van der Waals surface area contributed by atoms with Crippen molar-refractivity contribution in [1.82, 2.24) is 5.32 Å². The minimum Gasteiger partial charge on any atom is -0.377 e. The quantitative estimate of drug-likeness (QED) is 0.804. The summed E-state index contributed by atoms with van der Waals surface area (Å²) in [6.45, 7) is 2.66. The van der Waals surface area contributed by atoms with Crippen LogP contribution >= 0.6 is 0 Å². The molecular weight excluding hydrogens is 246 g/mol. The molecule has 6 atom stereocenters. The van der Waals surface area contributed by atoms with Crippen LogP contribution in [0.15, 0.2) is 0 Å². The molecule has 3 unspecified atom stereocenters. The normalized spacial score (nSPS) is 44.1. The maximum Gasteiger partial charge on any atom is 0.226 e. The summed E-state index contributed by atoms with van der Waals surface area (Å²) in [6, 6.07) is 0.0909. The van der Waals surface area contributed by atoms with Crippen molar-refractivity contribution in [2.75, 3.05) is 13.7 Å². The van der Waals surface area contributed by atoms with E-state index in [1.54, 1.807) is 7.11 Å². The van der Waals surface area contributed by atoms with Gasteiger partial charge in [-0.05, 0) is 32.6 Å². The summed E-state index contributed by atoms with van der Waals surface area (Å²) in [5.41, 5.74) is 0. The molecule has 0 spiro atoms. The van der Waals surface area contributed by atoms with E-state index in [1.165, 1.54) is 0 Å². The number of methoxy groups -OCH3 is 1. The molecule has 1 aliphatic carbocycles. The van der Waals surface area contributed by atoms with Gasteiger partial charge in [0.15, 0.2) is 0 Å². The third kappa shape index (κ3) is 2.39. The first-order valence-electron chi connectivity index (χ1n) is 7.33. The fourth-order valence-corrected chi connectivity index (χ4v) is 3.62. The first-order valence-corrected chi connectivity index (χ1v) is 7.33. The van der Waals surface area contributed by atoms with Crippen LogP contribution in [0.25, 0.3) is 0 Å². The van der Waals surface area contributed by atoms with E-state index in [-0.39, 0.29) is 36.2 Å². The molecule has 5 heteroatoms. The van der Waals surface area contributed by atoms with Crippen molar-refractivity contribution in [1.29, 1.82) is 0 Å². The first kappa shape index (κ1) is 13.3. The van der Waals surface area contributed by atoms with Gasteiger partial charge in [-0.15, -0.1) is 0 Å². The molecule has 1 amide bonds. The zero-order chi connectivity index (χ0) is 13.4. The molecule has 3 fully saturated rings. The van der Waals surface area contributed by atoms with Gasteiger partial charge in [0.25, 0.3) is 0 Å². The van der Waals surface area contributed by atoms with Crippen LogP contribution in [0.4, 0.5) is 0 Å². The number of amides is 1. The largest absolute Gasteiger partial charge is 0.377 e. The van der Waals surface area contributed by atoms with Crippen LogP contribution in [0.1, 0.15) is 32.6 Å². The summed E-state index contributed by atoms with van der Waals surface area (Å²) >= 11 is 0. The van der Waals surface area contributed by atoms with Crippen molar-refractivity contribution in [3.05, 3.63) is 0 Å². The van der Waals surface area contributed by atoms with Crippen LogP contribution in [-0.4, -0.2) is 50.1 Å². The SMILES string of the molecule is CCOC1CC(NC(=O)[C@@H]2C[C@H]3CC[C@@H]2O3)C1OC. The van der Waals surface area contributed by atoms with Gasteiger partial charge in [0.05, 0.1) is 30.3 Å². The van der Waals surface area contributed by atoms with E-state index in [0.717, 1.165) is 25.7 Å². The molecule has 3 rings (SSSR count). The van der Waals surface area contributed by atoms with Crippen LogP contribution in [0, 0.1) is 5.92 Å². The molecule has 0 aromatic carbocycles. The second-order valence-corrected chi connectivity index (χ2v) is 5.76. The van der Waals surface area contributed by atoms with Crippen molar-refractivity contribution < 1.29 is 19.0 Å². The number of hydrogen-bond donors (Lipinski definition) is 1. The van der Waals surface area contributed by atoms with Crippen LogP contribution < -0.4 is 5.32 Å². The van der Waals surface area contributed by atoms with Gasteiger partial charge < -0.3 is 19.5 Å². The standard InChI is InChI=1S/C14H23NO4/c1-3-18-12-7-10(13(12)17-2)15-14(16)9-6-8-4-5-11(9)19-8/h8-13H,3-7H2,1-2H3,(H,15,16)/t8-,9-,10?,11+,12?,13?/m1/s1. The third-order valence-corrected chi connectivity index (χ3v) is 4.67. The zero-order valence-electron chi connectivity index (χ0n) is 11.6. The van der Waals surface area contributed by atoms with Crippen LogP contribution in [0.2, 0.25) is 0 Å². The monoisotopic (exact) mass is 269 g/mol. The summed E-state index contributed by atoms with van der Waals surface area (Å²) in [7, 11) is 1.68. The van der Waals surface area contributed by atoms with Gasteiger partial charge in [-0.2, -0.15) is 0 Å². The van der Waals surface area contributed by atoms with Gasteiger partial charge in [0.1, 0.15) is 6.10 Å². The molecule has 2 heterocycles. The van der Waals surface area contributed by atoms with E-state index in [2.05, 4.69) is 5.32 Å². The van der Waals surface area contributed by atoms with Crippen molar-refractivity contribution in [3.63, 3.8) is 0 Å². The maximum absolute atomic E-state index is 12.3. The molecule has 1 saturated carbocycles. The summed E-state index contributed by atoms with van der Waals surface area (Å²) in [5, 5.41) is 3.11. The molecule has 2 bridgehead atoms. The molecular formula is C14H23NO4. The van der Waals surface area contributed by atoms with Gasteiger partial charge >= 0.3 is 0 Å². The number of hydrogen-bond acceptors (Lipinski definition) is 4. The van der Waals surface area contributed by atoms with E-state index in [1.807, 2.05) is 6.92 Å². The fourth-order valence-electron chi connectivity index (χ4n) is 3.62. The highest BCUT2D eigenvalue weighted by molar-refractivity contribution is 5.80. The second kappa shape index (κ2) is 5.38. The van der Waals surface area contributed by atoms with Gasteiger partial charge in [-0.3, -0.25) is 4.79 Å². The Morgan fingerprint density at radius 3 is 2.79 bits per heavy atom. The first-order chi connectivity index (χ1) is 9.22.